The molecular formula is C16H23BN4O. The van der Waals surface area contributed by atoms with Crippen LogP contribution in [0, 0.1) is 13.8 Å². The molecule has 0 amide bonds. The van der Waals surface area contributed by atoms with E-state index in [1.807, 2.05) is 32.0 Å². The standard InChI is InChI=1S/C16H23BN4O/c1-11-10-15(16(18)12(2)20-11)21-14-6-4-13(5-7-14)8-9-19-17(3)22/h4-7,10,19,22H,8-9,18H2,1-3H3,(H,20,21). The van der Waals surface area contributed by atoms with E-state index in [9.17, 15) is 5.02 Å². The van der Waals surface area contributed by atoms with Gasteiger partial charge in [0.25, 0.3) is 0 Å². The van der Waals surface area contributed by atoms with E-state index in [4.69, 9.17) is 5.73 Å². The van der Waals surface area contributed by atoms with Gasteiger partial charge in [0, 0.05) is 11.4 Å². The summed E-state index contributed by atoms with van der Waals surface area (Å²) in [4.78, 5) is 4.35. The smallest absolute Gasteiger partial charge is 0.373 e. The van der Waals surface area contributed by atoms with E-state index in [1.165, 1.54) is 5.56 Å². The molecule has 2 aromatic rings. The molecule has 116 valence electrons. The van der Waals surface area contributed by atoms with Crippen molar-refractivity contribution < 1.29 is 5.02 Å². The van der Waals surface area contributed by atoms with Gasteiger partial charge >= 0.3 is 7.05 Å². The molecule has 5 nitrogen and oxygen atoms in total. The van der Waals surface area contributed by atoms with Gasteiger partial charge in [-0.2, -0.15) is 0 Å². The van der Waals surface area contributed by atoms with E-state index in [0.717, 1.165) is 35.7 Å². The second-order valence-corrected chi connectivity index (χ2v) is 5.51. The molecule has 0 bridgehead atoms. The quantitative estimate of drug-likeness (QED) is 0.615. The number of benzene rings is 1. The fourth-order valence-electron chi connectivity index (χ4n) is 2.28. The van der Waals surface area contributed by atoms with Gasteiger partial charge in [0.1, 0.15) is 0 Å². The van der Waals surface area contributed by atoms with Crippen LogP contribution in [0.2, 0.25) is 6.82 Å². The summed E-state index contributed by atoms with van der Waals surface area (Å²) in [6.45, 7) is 6.33. The zero-order chi connectivity index (χ0) is 16.1. The van der Waals surface area contributed by atoms with Crippen LogP contribution in [0.3, 0.4) is 0 Å². The Hall–Kier alpha value is -2.05. The van der Waals surface area contributed by atoms with Crippen molar-refractivity contribution in [1.29, 1.82) is 0 Å². The summed E-state index contributed by atoms with van der Waals surface area (Å²) >= 11 is 0. The third kappa shape index (κ3) is 4.48. The Kier molecular flexibility index (Phi) is 5.41. The zero-order valence-electron chi connectivity index (χ0n) is 13.4. The lowest BCUT2D eigenvalue weighted by molar-refractivity contribution is 0.554. The SMILES string of the molecule is CB(O)NCCc1ccc(Nc2cc(C)nc(C)c2N)cc1. The van der Waals surface area contributed by atoms with Crippen LogP contribution in [0.1, 0.15) is 17.0 Å². The minimum absolute atomic E-state index is 0.470. The van der Waals surface area contributed by atoms with E-state index in [0.29, 0.717) is 5.69 Å². The number of nitrogens with zero attached hydrogens (tertiary/aromatic N) is 1. The first-order valence-electron chi connectivity index (χ1n) is 7.47. The van der Waals surface area contributed by atoms with Gasteiger partial charge in [-0.05, 0) is 57.4 Å². The van der Waals surface area contributed by atoms with Crippen LogP contribution in [0.25, 0.3) is 0 Å². The third-order valence-corrected chi connectivity index (χ3v) is 3.46. The minimum Gasteiger partial charge on any atom is -0.437 e. The number of aromatic nitrogens is 1. The van der Waals surface area contributed by atoms with E-state index in [-0.39, 0.29) is 0 Å². The zero-order valence-corrected chi connectivity index (χ0v) is 13.4. The van der Waals surface area contributed by atoms with Crippen LogP contribution in [0.5, 0.6) is 0 Å². The normalized spacial score (nSPS) is 10.5. The predicted molar refractivity (Wildman–Crippen MR) is 93.4 cm³/mol. The fraction of sp³-hybridized carbons (Fsp3) is 0.312. The number of nitrogens with two attached hydrogens (primary N) is 1. The molecule has 1 aromatic heterocycles. The maximum absolute atomic E-state index is 9.17. The lowest BCUT2D eigenvalue weighted by Gasteiger charge is -2.12. The number of hydrogen-bond donors (Lipinski definition) is 4. The Morgan fingerprint density at radius 2 is 1.91 bits per heavy atom. The Morgan fingerprint density at radius 3 is 2.55 bits per heavy atom. The van der Waals surface area contributed by atoms with Crippen LogP contribution in [0.4, 0.5) is 17.1 Å². The second-order valence-electron chi connectivity index (χ2n) is 5.51. The number of pyridine rings is 1. The Balaban J connectivity index is 2.02. The molecule has 2 rings (SSSR count). The van der Waals surface area contributed by atoms with Gasteiger partial charge in [0.2, 0.25) is 0 Å². The van der Waals surface area contributed by atoms with Crippen LogP contribution in [-0.4, -0.2) is 23.6 Å². The van der Waals surface area contributed by atoms with Crippen molar-refractivity contribution in [3.05, 3.63) is 47.3 Å². The number of aryl methyl sites for hydroxylation is 2. The summed E-state index contributed by atoms with van der Waals surface area (Å²) in [5.74, 6) is 0. The lowest BCUT2D eigenvalue weighted by atomic mass is 9.89. The topological polar surface area (TPSA) is 83.2 Å². The van der Waals surface area contributed by atoms with Crippen molar-refractivity contribution in [3.63, 3.8) is 0 Å². The molecule has 5 N–H and O–H groups in total. The Labute approximate surface area is 132 Å². The highest BCUT2D eigenvalue weighted by molar-refractivity contribution is 6.45. The van der Waals surface area contributed by atoms with Crippen molar-refractivity contribution in [2.24, 2.45) is 0 Å². The molecule has 22 heavy (non-hydrogen) atoms. The molecule has 0 saturated carbocycles. The first-order chi connectivity index (χ1) is 10.5. The van der Waals surface area contributed by atoms with E-state index in [2.05, 4.69) is 27.7 Å². The highest BCUT2D eigenvalue weighted by atomic mass is 16.2. The summed E-state index contributed by atoms with van der Waals surface area (Å²) < 4.78 is 0. The van der Waals surface area contributed by atoms with Crippen molar-refractivity contribution in [3.8, 4) is 0 Å². The molecule has 0 spiro atoms. The average molecular weight is 298 g/mol. The number of nitrogen functional groups attached to an aromatic ring is 1. The fourth-order valence-corrected chi connectivity index (χ4v) is 2.28. The van der Waals surface area contributed by atoms with Gasteiger partial charge < -0.3 is 21.3 Å². The predicted octanol–water partition coefficient (Wildman–Crippen LogP) is 2.27. The summed E-state index contributed by atoms with van der Waals surface area (Å²) in [6.07, 6.45) is 0.876. The van der Waals surface area contributed by atoms with Crippen LogP contribution >= 0.6 is 0 Å². The van der Waals surface area contributed by atoms with E-state index in [1.54, 1.807) is 6.82 Å². The largest absolute Gasteiger partial charge is 0.437 e. The van der Waals surface area contributed by atoms with Crippen molar-refractivity contribution in [1.82, 2.24) is 10.2 Å². The van der Waals surface area contributed by atoms with Gasteiger partial charge in [-0.3, -0.25) is 4.98 Å². The number of hydrogen-bond acceptors (Lipinski definition) is 5. The third-order valence-electron chi connectivity index (χ3n) is 3.46. The molecule has 1 aromatic carbocycles. The number of anilines is 3. The van der Waals surface area contributed by atoms with Gasteiger partial charge in [0.15, 0.2) is 0 Å². The molecule has 0 atom stereocenters. The van der Waals surface area contributed by atoms with Gasteiger partial charge in [-0.15, -0.1) is 0 Å². The summed E-state index contributed by atoms with van der Waals surface area (Å²) in [5, 5.41) is 15.5. The minimum atomic E-state index is -0.470. The molecule has 0 aliphatic heterocycles. The monoisotopic (exact) mass is 298 g/mol. The Bertz CT molecular complexity index is 629. The van der Waals surface area contributed by atoms with Gasteiger partial charge in [-0.25, -0.2) is 0 Å². The van der Waals surface area contributed by atoms with E-state index >= 15 is 0 Å². The number of rotatable bonds is 6. The first kappa shape index (κ1) is 16.3. The van der Waals surface area contributed by atoms with Crippen molar-refractivity contribution >= 4 is 24.1 Å². The average Bonchev–Trinajstić information content (AvgIpc) is 2.45. The van der Waals surface area contributed by atoms with Gasteiger partial charge in [-0.1, -0.05) is 12.1 Å². The highest BCUT2D eigenvalue weighted by Crippen LogP contribution is 2.26. The molecule has 0 unspecified atom stereocenters. The second kappa shape index (κ2) is 7.29. The number of nitrogens with one attached hydrogen (secondary N) is 2. The Morgan fingerprint density at radius 1 is 1.23 bits per heavy atom. The molecule has 0 aliphatic rings. The van der Waals surface area contributed by atoms with Crippen LogP contribution in [0.15, 0.2) is 30.3 Å². The van der Waals surface area contributed by atoms with Crippen LogP contribution < -0.4 is 16.3 Å². The molecule has 0 radical (unpaired) electrons. The summed E-state index contributed by atoms with van der Waals surface area (Å²) in [5.41, 5.74) is 11.6. The van der Waals surface area contributed by atoms with Crippen LogP contribution in [-0.2, 0) is 6.42 Å². The first-order valence-corrected chi connectivity index (χ1v) is 7.47. The molecule has 1 heterocycles. The summed E-state index contributed by atoms with van der Waals surface area (Å²) in [6, 6.07) is 10.2. The molecular weight excluding hydrogens is 275 g/mol. The molecule has 6 heteroatoms. The molecule has 0 aliphatic carbocycles. The maximum Gasteiger partial charge on any atom is 0.373 e. The van der Waals surface area contributed by atoms with Crippen molar-refractivity contribution in [2.75, 3.05) is 17.6 Å². The molecule has 0 saturated heterocycles. The van der Waals surface area contributed by atoms with Gasteiger partial charge in [0.05, 0.1) is 17.1 Å². The van der Waals surface area contributed by atoms with E-state index < -0.39 is 7.05 Å². The van der Waals surface area contributed by atoms with Crippen molar-refractivity contribution in [2.45, 2.75) is 27.1 Å². The maximum atomic E-state index is 9.17. The highest BCUT2D eigenvalue weighted by Gasteiger charge is 2.06. The lowest BCUT2D eigenvalue weighted by Crippen LogP contribution is -2.32. The summed E-state index contributed by atoms with van der Waals surface area (Å²) in [7, 11) is -0.470. The molecule has 0 fully saturated rings.